The Bertz CT molecular complexity index is 283. The first kappa shape index (κ1) is 9.86. The molecule has 5 heteroatoms. The first-order valence-corrected chi connectivity index (χ1v) is 5.53. The molecule has 0 radical (unpaired) electrons. The van der Waals surface area contributed by atoms with E-state index in [0.717, 1.165) is 30.5 Å². The van der Waals surface area contributed by atoms with Crippen LogP contribution in [-0.4, -0.2) is 23.1 Å². The van der Waals surface area contributed by atoms with Crippen LogP contribution in [0.2, 0.25) is 0 Å². The predicted octanol–water partition coefficient (Wildman–Crippen LogP) is 2.16. The van der Waals surface area contributed by atoms with Gasteiger partial charge in [-0.1, -0.05) is 0 Å². The van der Waals surface area contributed by atoms with Gasteiger partial charge in [-0.2, -0.15) is 0 Å². The summed E-state index contributed by atoms with van der Waals surface area (Å²) in [6.45, 7) is 1.64. The maximum atomic E-state index is 5.52. The number of nitrogens with zero attached hydrogens (tertiary/aromatic N) is 3. The van der Waals surface area contributed by atoms with Crippen molar-refractivity contribution in [2.75, 3.05) is 18.2 Å². The van der Waals surface area contributed by atoms with Gasteiger partial charge in [0.05, 0.1) is 11.1 Å². The molecule has 1 aromatic rings. The average molecular weight is 258 g/mol. The Morgan fingerprint density at radius 1 is 1.21 bits per heavy atom. The van der Waals surface area contributed by atoms with Crippen LogP contribution < -0.4 is 5.06 Å². The molecule has 0 aliphatic carbocycles. The normalized spacial score (nSPS) is 17.9. The quantitative estimate of drug-likeness (QED) is 0.773. The molecular formula is C9H12BrN3O. The maximum absolute atomic E-state index is 5.52. The summed E-state index contributed by atoms with van der Waals surface area (Å²) in [4.78, 5) is 13.9. The highest BCUT2D eigenvalue weighted by molar-refractivity contribution is 9.10. The number of aromatic nitrogens is 2. The summed E-state index contributed by atoms with van der Waals surface area (Å²) in [5.41, 5.74) is 0. The van der Waals surface area contributed by atoms with Gasteiger partial charge in [0, 0.05) is 18.9 Å². The van der Waals surface area contributed by atoms with Gasteiger partial charge in [0.2, 0.25) is 5.95 Å². The van der Waals surface area contributed by atoms with Gasteiger partial charge in [0.25, 0.3) is 0 Å². The summed E-state index contributed by atoms with van der Waals surface area (Å²) in [6.07, 6.45) is 6.94. The zero-order valence-corrected chi connectivity index (χ0v) is 9.40. The summed E-state index contributed by atoms with van der Waals surface area (Å²) >= 11 is 3.30. The molecule has 0 atom stereocenters. The molecule has 0 N–H and O–H groups in total. The minimum absolute atomic E-state index is 0.648. The molecule has 2 rings (SSSR count). The average Bonchev–Trinajstić information content (AvgIpc) is 2.47. The smallest absolute Gasteiger partial charge is 0.249 e. The largest absolute Gasteiger partial charge is 0.271 e. The van der Waals surface area contributed by atoms with Gasteiger partial charge in [-0.25, -0.2) is 15.0 Å². The fourth-order valence-corrected chi connectivity index (χ4v) is 1.57. The Morgan fingerprint density at radius 2 is 2.00 bits per heavy atom. The lowest BCUT2D eigenvalue weighted by Crippen LogP contribution is -2.25. The van der Waals surface area contributed by atoms with Gasteiger partial charge in [0.15, 0.2) is 0 Å². The lowest BCUT2D eigenvalue weighted by molar-refractivity contribution is 0.115. The molecule has 0 aromatic carbocycles. The minimum Gasteiger partial charge on any atom is -0.271 e. The van der Waals surface area contributed by atoms with E-state index < -0.39 is 0 Å². The SMILES string of the molecule is Brc1cnc(N2CCCCCO2)nc1. The summed E-state index contributed by atoms with van der Waals surface area (Å²) in [5.74, 6) is 0.648. The van der Waals surface area contributed by atoms with E-state index in [9.17, 15) is 0 Å². The molecular weight excluding hydrogens is 246 g/mol. The fourth-order valence-electron chi connectivity index (χ4n) is 1.37. The van der Waals surface area contributed by atoms with Crippen molar-refractivity contribution in [1.82, 2.24) is 9.97 Å². The molecule has 0 bridgehead atoms. The van der Waals surface area contributed by atoms with Crippen molar-refractivity contribution in [3.05, 3.63) is 16.9 Å². The summed E-state index contributed by atoms with van der Waals surface area (Å²) in [7, 11) is 0. The number of halogens is 1. The number of anilines is 1. The van der Waals surface area contributed by atoms with Gasteiger partial charge in [-0.15, -0.1) is 0 Å². The lowest BCUT2D eigenvalue weighted by atomic mass is 10.2. The highest BCUT2D eigenvalue weighted by Crippen LogP contribution is 2.15. The van der Waals surface area contributed by atoms with Crippen LogP contribution in [0, 0.1) is 0 Å². The fraction of sp³-hybridized carbons (Fsp3) is 0.556. The molecule has 0 amide bonds. The maximum Gasteiger partial charge on any atom is 0.249 e. The lowest BCUT2D eigenvalue weighted by Gasteiger charge is -2.18. The van der Waals surface area contributed by atoms with Gasteiger partial charge in [-0.3, -0.25) is 4.84 Å². The Morgan fingerprint density at radius 3 is 2.79 bits per heavy atom. The monoisotopic (exact) mass is 257 g/mol. The zero-order chi connectivity index (χ0) is 9.80. The van der Waals surface area contributed by atoms with E-state index in [2.05, 4.69) is 25.9 Å². The van der Waals surface area contributed by atoms with E-state index in [1.807, 2.05) is 0 Å². The molecule has 0 unspecified atom stereocenters. The highest BCUT2D eigenvalue weighted by atomic mass is 79.9. The van der Waals surface area contributed by atoms with Crippen molar-refractivity contribution in [1.29, 1.82) is 0 Å². The van der Waals surface area contributed by atoms with Gasteiger partial charge >= 0.3 is 0 Å². The molecule has 1 aliphatic heterocycles. The third-order valence-corrected chi connectivity index (χ3v) is 2.49. The van der Waals surface area contributed by atoms with E-state index in [0.29, 0.717) is 5.95 Å². The molecule has 1 saturated heterocycles. The summed E-state index contributed by atoms with van der Waals surface area (Å²) in [6, 6.07) is 0. The van der Waals surface area contributed by atoms with Crippen molar-refractivity contribution in [3.63, 3.8) is 0 Å². The second-order valence-corrected chi connectivity index (χ2v) is 4.11. The molecule has 1 aromatic heterocycles. The molecule has 76 valence electrons. The first-order valence-electron chi connectivity index (χ1n) is 4.74. The molecule has 0 saturated carbocycles. The molecule has 0 spiro atoms. The van der Waals surface area contributed by atoms with Gasteiger partial charge in [-0.05, 0) is 35.2 Å². The Labute approximate surface area is 91.4 Å². The van der Waals surface area contributed by atoms with Crippen LogP contribution >= 0.6 is 15.9 Å². The second kappa shape index (κ2) is 4.70. The van der Waals surface area contributed by atoms with Crippen LogP contribution in [0.25, 0.3) is 0 Å². The van der Waals surface area contributed by atoms with E-state index in [-0.39, 0.29) is 0 Å². The molecule has 2 heterocycles. The second-order valence-electron chi connectivity index (χ2n) is 3.20. The number of rotatable bonds is 1. The Balaban J connectivity index is 2.08. The topological polar surface area (TPSA) is 38.2 Å². The van der Waals surface area contributed by atoms with Gasteiger partial charge < -0.3 is 0 Å². The van der Waals surface area contributed by atoms with Crippen LogP contribution in [0.3, 0.4) is 0 Å². The van der Waals surface area contributed by atoms with Crippen molar-refractivity contribution in [2.24, 2.45) is 0 Å². The molecule has 1 aliphatic rings. The van der Waals surface area contributed by atoms with E-state index in [4.69, 9.17) is 4.84 Å². The van der Waals surface area contributed by atoms with Crippen LogP contribution in [0.4, 0.5) is 5.95 Å². The van der Waals surface area contributed by atoms with Crippen molar-refractivity contribution in [2.45, 2.75) is 19.3 Å². The number of hydrogen-bond acceptors (Lipinski definition) is 4. The molecule has 1 fully saturated rings. The summed E-state index contributed by atoms with van der Waals surface area (Å²) in [5, 5.41) is 1.78. The van der Waals surface area contributed by atoms with Crippen LogP contribution in [0.5, 0.6) is 0 Å². The van der Waals surface area contributed by atoms with Crippen LogP contribution in [-0.2, 0) is 4.84 Å². The Hall–Kier alpha value is -0.680. The van der Waals surface area contributed by atoms with Crippen LogP contribution in [0.1, 0.15) is 19.3 Å². The third-order valence-electron chi connectivity index (χ3n) is 2.08. The van der Waals surface area contributed by atoms with Gasteiger partial charge in [0.1, 0.15) is 0 Å². The zero-order valence-electron chi connectivity index (χ0n) is 7.82. The van der Waals surface area contributed by atoms with E-state index in [1.165, 1.54) is 6.42 Å². The van der Waals surface area contributed by atoms with Crippen molar-refractivity contribution < 1.29 is 4.84 Å². The summed E-state index contributed by atoms with van der Waals surface area (Å²) < 4.78 is 0.885. The first-order chi connectivity index (χ1) is 6.86. The Kier molecular flexibility index (Phi) is 3.31. The van der Waals surface area contributed by atoms with Crippen molar-refractivity contribution in [3.8, 4) is 0 Å². The number of hydroxylamine groups is 1. The predicted molar refractivity (Wildman–Crippen MR) is 56.9 cm³/mol. The van der Waals surface area contributed by atoms with Crippen molar-refractivity contribution >= 4 is 21.9 Å². The molecule has 14 heavy (non-hydrogen) atoms. The third kappa shape index (κ3) is 2.42. The van der Waals surface area contributed by atoms with Crippen LogP contribution in [0.15, 0.2) is 16.9 Å². The number of hydrogen-bond donors (Lipinski definition) is 0. The highest BCUT2D eigenvalue weighted by Gasteiger charge is 2.12. The van der Waals surface area contributed by atoms with E-state index in [1.54, 1.807) is 17.5 Å². The molecule has 4 nitrogen and oxygen atoms in total. The standard InChI is InChI=1S/C9H12BrN3O/c10-8-6-11-9(12-7-8)13-4-2-1-3-5-14-13/h6-7H,1-5H2. The minimum atomic E-state index is 0.648. The van der Waals surface area contributed by atoms with E-state index >= 15 is 0 Å².